The van der Waals surface area contributed by atoms with Gasteiger partial charge in [-0.1, -0.05) is 12.1 Å². The number of ether oxygens (including phenoxy) is 1. The minimum absolute atomic E-state index is 0.106. The molecule has 0 saturated carbocycles. The number of morpholine rings is 1. The van der Waals surface area contributed by atoms with Gasteiger partial charge in [0.1, 0.15) is 0 Å². The van der Waals surface area contributed by atoms with Gasteiger partial charge in [0.2, 0.25) is 5.91 Å². The number of rotatable bonds is 4. The van der Waals surface area contributed by atoms with Crippen LogP contribution in [0.3, 0.4) is 0 Å². The van der Waals surface area contributed by atoms with Crippen LogP contribution in [0.2, 0.25) is 0 Å². The van der Waals surface area contributed by atoms with Gasteiger partial charge in [0.05, 0.1) is 29.8 Å². The maximum Gasteiger partial charge on any atom is 0.238 e. The standard InChI is InChI=1S/C14H20N2O4S/c1-11-9-16(7-8-20-11)10-14(17)15-12-5-3-4-6-13(12)21(2,18)19/h3-6,11H,7-10H2,1-2H3,(H,15,17)/t11-/m1/s1. The molecule has 1 atom stereocenters. The van der Waals surface area contributed by atoms with Gasteiger partial charge >= 0.3 is 0 Å². The van der Waals surface area contributed by atoms with Crippen LogP contribution >= 0.6 is 0 Å². The summed E-state index contributed by atoms with van der Waals surface area (Å²) >= 11 is 0. The van der Waals surface area contributed by atoms with E-state index in [1.54, 1.807) is 18.2 Å². The highest BCUT2D eigenvalue weighted by Crippen LogP contribution is 2.20. The lowest BCUT2D eigenvalue weighted by Crippen LogP contribution is -2.44. The molecular formula is C14H20N2O4S. The minimum atomic E-state index is -3.37. The molecule has 0 radical (unpaired) electrons. The van der Waals surface area contributed by atoms with Crippen LogP contribution in [0.1, 0.15) is 6.92 Å². The first kappa shape index (κ1) is 15.9. The SMILES string of the molecule is C[C@@H]1CN(CC(=O)Nc2ccccc2S(C)(=O)=O)CCO1. The number of sulfone groups is 1. The fourth-order valence-corrected chi connectivity index (χ4v) is 3.16. The lowest BCUT2D eigenvalue weighted by atomic mass is 10.3. The van der Waals surface area contributed by atoms with E-state index in [-0.39, 0.29) is 23.5 Å². The number of carbonyl (C=O) groups is 1. The van der Waals surface area contributed by atoms with E-state index in [0.717, 1.165) is 6.26 Å². The van der Waals surface area contributed by atoms with Gasteiger partial charge in [0, 0.05) is 19.3 Å². The summed E-state index contributed by atoms with van der Waals surface area (Å²) in [6.45, 7) is 4.19. The summed E-state index contributed by atoms with van der Waals surface area (Å²) in [7, 11) is -3.37. The number of benzene rings is 1. The molecule has 0 spiro atoms. The van der Waals surface area contributed by atoms with E-state index < -0.39 is 9.84 Å². The predicted octanol–water partition coefficient (Wildman–Crippen LogP) is 0.749. The zero-order valence-corrected chi connectivity index (χ0v) is 13.0. The van der Waals surface area contributed by atoms with Crippen molar-refractivity contribution in [1.82, 2.24) is 4.90 Å². The van der Waals surface area contributed by atoms with E-state index in [0.29, 0.717) is 25.4 Å². The second kappa shape index (κ2) is 6.55. The lowest BCUT2D eigenvalue weighted by Gasteiger charge is -2.30. The summed E-state index contributed by atoms with van der Waals surface area (Å²) < 4.78 is 28.8. The number of para-hydroxylation sites is 1. The average molecular weight is 312 g/mol. The Hall–Kier alpha value is -1.44. The first-order valence-corrected chi connectivity index (χ1v) is 8.68. The van der Waals surface area contributed by atoms with Crippen LogP contribution in [0.4, 0.5) is 5.69 Å². The molecule has 6 nitrogen and oxygen atoms in total. The molecule has 1 N–H and O–H groups in total. The van der Waals surface area contributed by atoms with Crippen LogP contribution in [-0.4, -0.2) is 57.8 Å². The van der Waals surface area contributed by atoms with Crippen LogP contribution < -0.4 is 5.32 Å². The number of nitrogens with one attached hydrogen (secondary N) is 1. The van der Waals surface area contributed by atoms with E-state index >= 15 is 0 Å². The molecule has 0 aromatic heterocycles. The third kappa shape index (κ3) is 4.52. The van der Waals surface area contributed by atoms with Gasteiger partial charge < -0.3 is 10.1 Å². The van der Waals surface area contributed by atoms with E-state index in [1.165, 1.54) is 6.07 Å². The minimum Gasteiger partial charge on any atom is -0.376 e. The second-order valence-electron chi connectivity index (χ2n) is 5.23. The third-order valence-corrected chi connectivity index (χ3v) is 4.41. The van der Waals surface area contributed by atoms with Gasteiger partial charge in [-0.25, -0.2) is 8.42 Å². The van der Waals surface area contributed by atoms with Gasteiger partial charge in [-0.05, 0) is 19.1 Å². The Kier molecular flexibility index (Phi) is 4.97. The quantitative estimate of drug-likeness (QED) is 0.888. The molecule has 1 aromatic rings. The van der Waals surface area contributed by atoms with Crippen molar-refractivity contribution in [3.63, 3.8) is 0 Å². The third-order valence-electron chi connectivity index (χ3n) is 3.25. The smallest absolute Gasteiger partial charge is 0.238 e. The number of hydrogen-bond acceptors (Lipinski definition) is 5. The topological polar surface area (TPSA) is 75.7 Å². The molecule has 1 saturated heterocycles. The summed E-state index contributed by atoms with van der Waals surface area (Å²) in [5, 5.41) is 2.68. The van der Waals surface area contributed by atoms with Crippen LogP contribution in [0.15, 0.2) is 29.2 Å². The lowest BCUT2D eigenvalue weighted by molar-refractivity contribution is -0.119. The van der Waals surface area contributed by atoms with Crippen molar-refractivity contribution < 1.29 is 17.9 Å². The molecule has 1 amide bonds. The zero-order chi connectivity index (χ0) is 15.5. The van der Waals surface area contributed by atoms with Crippen molar-refractivity contribution in [1.29, 1.82) is 0 Å². The van der Waals surface area contributed by atoms with E-state index in [9.17, 15) is 13.2 Å². The van der Waals surface area contributed by atoms with Crippen molar-refractivity contribution in [3.05, 3.63) is 24.3 Å². The summed E-state index contributed by atoms with van der Waals surface area (Å²) in [5.41, 5.74) is 0.325. The number of hydrogen-bond donors (Lipinski definition) is 1. The van der Waals surface area contributed by atoms with Gasteiger partial charge in [-0.3, -0.25) is 9.69 Å². The normalized spacial score (nSPS) is 20.2. The van der Waals surface area contributed by atoms with E-state index in [2.05, 4.69) is 5.32 Å². The number of carbonyl (C=O) groups excluding carboxylic acids is 1. The number of amides is 1. The maximum absolute atomic E-state index is 12.1. The first-order valence-electron chi connectivity index (χ1n) is 6.79. The molecule has 0 bridgehead atoms. The second-order valence-corrected chi connectivity index (χ2v) is 7.22. The molecule has 1 heterocycles. The molecule has 1 aromatic carbocycles. The van der Waals surface area contributed by atoms with Gasteiger partial charge in [-0.2, -0.15) is 0 Å². The Morgan fingerprint density at radius 2 is 2.14 bits per heavy atom. The highest BCUT2D eigenvalue weighted by molar-refractivity contribution is 7.90. The predicted molar refractivity (Wildman–Crippen MR) is 80.0 cm³/mol. The summed E-state index contributed by atoms with van der Waals surface area (Å²) in [6, 6.07) is 6.41. The molecule has 116 valence electrons. The zero-order valence-electron chi connectivity index (χ0n) is 12.2. The van der Waals surface area contributed by atoms with Gasteiger partial charge in [0.15, 0.2) is 9.84 Å². The summed E-state index contributed by atoms with van der Waals surface area (Å²) in [4.78, 5) is 14.2. The average Bonchev–Trinajstić information content (AvgIpc) is 2.37. The molecule has 2 rings (SSSR count). The van der Waals surface area contributed by atoms with Crippen LogP contribution in [0.25, 0.3) is 0 Å². The van der Waals surface area contributed by atoms with Crippen molar-refractivity contribution >= 4 is 21.4 Å². The van der Waals surface area contributed by atoms with Crippen molar-refractivity contribution in [2.24, 2.45) is 0 Å². The van der Waals surface area contributed by atoms with Crippen molar-refractivity contribution in [3.8, 4) is 0 Å². The van der Waals surface area contributed by atoms with Gasteiger partial charge in [0.25, 0.3) is 0 Å². The molecular weight excluding hydrogens is 292 g/mol. The monoisotopic (exact) mass is 312 g/mol. The molecule has 0 unspecified atom stereocenters. The molecule has 21 heavy (non-hydrogen) atoms. The van der Waals surface area contributed by atoms with Crippen LogP contribution in [0, 0.1) is 0 Å². The Morgan fingerprint density at radius 3 is 2.81 bits per heavy atom. The Balaban J connectivity index is 2.03. The Bertz CT molecular complexity index is 615. The fraction of sp³-hybridized carbons (Fsp3) is 0.500. The molecule has 1 aliphatic rings. The molecule has 0 aliphatic carbocycles. The van der Waals surface area contributed by atoms with Crippen molar-refractivity contribution in [2.45, 2.75) is 17.9 Å². The molecule has 1 aliphatic heterocycles. The Labute approximate surface area is 125 Å². The first-order chi connectivity index (χ1) is 9.86. The number of anilines is 1. The van der Waals surface area contributed by atoms with Crippen LogP contribution in [-0.2, 0) is 19.4 Å². The van der Waals surface area contributed by atoms with Crippen LogP contribution in [0.5, 0.6) is 0 Å². The highest BCUT2D eigenvalue weighted by atomic mass is 32.2. The largest absolute Gasteiger partial charge is 0.376 e. The highest BCUT2D eigenvalue weighted by Gasteiger charge is 2.20. The summed E-state index contributed by atoms with van der Waals surface area (Å²) in [6.07, 6.45) is 1.23. The van der Waals surface area contributed by atoms with E-state index in [1.807, 2.05) is 11.8 Å². The summed E-state index contributed by atoms with van der Waals surface area (Å²) in [5.74, 6) is -0.222. The Morgan fingerprint density at radius 1 is 1.43 bits per heavy atom. The maximum atomic E-state index is 12.1. The molecule has 7 heteroatoms. The molecule has 1 fully saturated rings. The van der Waals surface area contributed by atoms with Crippen molar-refractivity contribution in [2.75, 3.05) is 37.8 Å². The van der Waals surface area contributed by atoms with E-state index in [4.69, 9.17) is 4.74 Å². The van der Waals surface area contributed by atoms with Gasteiger partial charge in [-0.15, -0.1) is 0 Å². The number of nitrogens with zero attached hydrogens (tertiary/aromatic N) is 1. The fourth-order valence-electron chi connectivity index (χ4n) is 2.32.